The molecular formula is C28H36N4O3. The molecule has 0 bridgehead atoms. The quantitative estimate of drug-likeness (QED) is 0.450. The summed E-state index contributed by atoms with van der Waals surface area (Å²) in [6.45, 7) is 11.5. The van der Waals surface area contributed by atoms with E-state index in [-0.39, 0.29) is 5.91 Å². The molecule has 7 nitrogen and oxygen atoms in total. The van der Waals surface area contributed by atoms with E-state index in [1.807, 2.05) is 30.3 Å². The van der Waals surface area contributed by atoms with Crippen molar-refractivity contribution < 1.29 is 13.9 Å². The molecule has 1 N–H and O–H groups in total. The maximum atomic E-state index is 12.6. The first kappa shape index (κ1) is 25.1. The Morgan fingerprint density at radius 3 is 2.49 bits per heavy atom. The summed E-state index contributed by atoms with van der Waals surface area (Å²) in [4.78, 5) is 21.8. The number of rotatable bonds is 11. The Kier molecular flexibility index (Phi) is 9.06. The van der Waals surface area contributed by atoms with E-state index in [0.29, 0.717) is 30.6 Å². The molecule has 7 heteroatoms. The number of nitrogens with one attached hydrogen (secondary N) is 1. The van der Waals surface area contributed by atoms with Crippen LogP contribution in [0.25, 0.3) is 0 Å². The Bertz CT molecular complexity index is 1040. The summed E-state index contributed by atoms with van der Waals surface area (Å²) in [7, 11) is 0. The number of carbonyl (C=O) groups is 1. The molecule has 3 aromatic rings. The SMILES string of the molecule is CC(C)c1ccc(CN(CCN2CCOCC2)Cc2nc(C(=O)NCc3ccccc3)co2)cc1. The summed E-state index contributed by atoms with van der Waals surface area (Å²) in [6, 6.07) is 18.7. The summed E-state index contributed by atoms with van der Waals surface area (Å²) in [6.07, 6.45) is 1.45. The average molecular weight is 477 g/mol. The summed E-state index contributed by atoms with van der Waals surface area (Å²) in [5, 5.41) is 2.91. The fourth-order valence-corrected chi connectivity index (χ4v) is 4.14. The standard InChI is InChI=1S/C28H36N4O3/c1-22(2)25-10-8-24(9-11-25)19-32(13-12-31-14-16-34-17-15-31)20-27-30-26(21-35-27)28(33)29-18-23-6-4-3-5-7-23/h3-11,21-22H,12-20H2,1-2H3,(H,29,33). The Hall–Kier alpha value is -3.00. The monoisotopic (exact) mass is 476 g/mol. The summed E-state index contributed by atoms with van der Waals surface area (Å²) in [5.74, 6) is 0.837. The normalized spacial score (nSPS) is 14.5. The van der Waals surface area contributed by atoms with E-state index in [9.17, 15) is 4.79 Å². The number of benzene rings is 2. The van der Waals surface area contributed by atoms with Crippen LogP contribution in [0.1, 0.15) is 52.8 Å². The number of amides is 1. The van der Waals surface area contributed by atoms with Gasteiger partial charge in [0, 0.05) is 39.3 Å². The molecule has 186 valence electrons. The molecule has 1 amide bonds. The molecule has 1 aromatic heterocycles. The van der Waals surface area contributed by atoms with Crippen LogP contribution in [0, 0.1) is 0 Å². The molecule has 2 aromatic carbocycles. The van der Waals surface area contributed by atoms with Crippen molar-refractivity contribution in [3.05, 3.63) is 89.1 Å². The molecule has 4 rings (SSSR count). The van der Waals surface area contributed by atoms with Crippen LogP contribution in [0.5, 0.6) is 0 Å². The fourth-order valence-electron chi connectivity index (χ4n) is 4.14. The molecule has 2 heterocycles. The molecule has 0 unspecified atom stereocenters. The molecule has 1 aliphatic rings. The second-order valence-corrected chi connectivity index (χ2v) is 9.36. The van der Waals surface area contributed by atoms with Crippen LogP contribution in [0.15, 0.2) is 65.3 Å². The highest BCUT2D eigenvalue weighted by atomic mass is 16.5. The Labute approximate surface area is 208 Å². The second kappa shape index (κ2) is 12.6. The van der Waals surface area contributed by atoms with Crippen molar-refractivity contribution in [2.45, 2.75) is 39.4 Å². The zero-order valence-electron chi connectivity index (χ0n) is 20.8. The van der Waals surface area contributed by atoms with Gasteiger partial charge >= 0.3 is 0 Å². The molecule has 0 radical (unpaired) electrons. The average Bonchev–Trinajstić information content (AvgIpc) is 3.36. The van der Waals surface area contributed by atoms with E-state index >= 15 is 0 Å². The molecule has 0 saturated carbocycles. The zero-order valence-corrected chi connectivity index (χ0v) is 20.8. The van der Waals surface area contributed by atoms with Crippen molar-refractivity contribution in [3.63, 3.8) is 0 Å². The van der Waals surface area contributed by atoms with E-state index in [4.69, 9.17) is 9.15 Å². The lowest BCUT2D eigenvalue weighted by Gasteiger charge is -2.29. The first-order valence-corrected chi connectivity index (χ1v) is 12.4. The summed E-state index contributed by atoms with van der Waals surface area (Å²) in [5.41, 5.74) is 3.95. The first-order chi connectivity index (χ1) is 17.1. The van der Waals surface area contributed by atoms with Gasteiger partial charge in [-0.05, 0) is 22.6 Å². The van der Waals surface area contributed by atoms with Crippen molar-refractivity contribution in [1.82, 2.24) is 20.1 Å². The zero-order chi connectivity index (χ0) is 24.5. The van der Waals surface area contributed by atoms with Gasteiger partial charge in [0.05, 0.1) is 19.8 Å². The Morgan fingerprint density at radius 1 is 1.03 bits per heavy atom. The van der Waals surface area contributed by atoms with Gasteiger partial charge < -0.3 is 14.5 Å². The van der Waals surface area contributed by atoms with Gasteiger partial charge in [0.2, 0.25) is 5.89 Å². The lowest BCUT2D eigenvalue weighted by atomic mass is 10.0. The first-order valence-electron chi connectivity index (χ1n) is 12.4. The van der Waals surface area contributed by atoms with Crippen LogP contribution in [0.3, 0.4) is 0 Å². The van der Waals surface area contributed by atoms with Crippen LogP contribution in [-0.2, 0) is 24.4 Å². The second-order valence-electron chi connectivity index (χ2n) is 9.36. The fraction of sp³-hybridized carbons (Fsp3) is 0.429. The number of nitrogens with zero attached hydrogens (tertiary/aromatic N) is 3. The lowest BCUT2D eigenvalue weighted by molar-refractivity contribution is 0.0320. The molecule has 0 spiro atoms. The number of ether oxygens (including phenoxy) is 1. The molecule has 0 aliphatic carbocycles. The third-order valence-corrected chi connectivity index (χ3v) is 6.33. The van der Waals surface area contributed by atoms with Crippen LogP contribution in [0.4, 0.5) is 0 Å². The minimum Gasteiger partial charge on any atom is -0.447 e. The minimum atomic E-state index is -0.229. The van der Waals surface area contributed by atoms with E-state index in [1.165, 1.54) is 17.4 Å². The summed E-state index contributed by atoms with van der Waals surface area (Å²) >= 11 is 0. The molecule has 1 fully saturated rings. The molecule has 1 aliphatic heterocycles. The van der Waals surface area contributed by atoms with Crippen molar-refractivity contribution >= 4 is 5.91 Å². The third-order valence-electron chi connectivity index (χ3n) is 6.33. The van der Waals surface area contributed by atoms with E-state index < -0.39 is 0 Å². The predicted octanol–water partition coefficient (Wildman–Crippen LogP) is 4.06. The van der Waals surface area contributed by atoms with Crippen LogP contribution < -0.4 is 5.32 Å². The van der Waals surface area contributed by atoms with Crippen LogP contribution in [0.2, 0.25) is 0 Å². The molecular weight excluding hydrogens is 440 g/mol. The lowest BCUT2D eigenvalue weighted by Crippen LogP contribution is -2.41. The van der Waals surface area contributed by atoms with Gasteiger partial charge in [-0.15, -0.1) is 0 Å². The molecule has 35 heavy (non-hydrogen) atoms. The smallest absolute Gasteiger partial charge is 0.273 e. The highest BCUT2D eigenvalue weighted by molar-refractivity contribution is 5.91. The maximum absolute atomic E-state index is 12.6. The number of carbonyl (C=O) groups excluding carboxylic acids is 1. The van der Waals surface area contributed by atoms with Gasteiger partial charge in [-0.1, -0.05) is 68.4 Å². The van der Waals surface area contributed by atoms with E-state index in [1.54, 1.807) is 0 Å². The van der Waals surface area contributed by atoms with E-state index in [2.05, 4.69) is 58.2 Å². The highest BCUT2D eigenvalue weighted by Gasteiger charge is 2.17. The van der Waals surface area contributed by atoms with Crippen LogP contribution >= 0.6 is 0 Å². The van der Waals surface area contributed by atoms with Gasteiger partial charge in [0.1, 0.15) is 6.26 Å². The van der Waals surface area contributed by atoms with Gasteiger partial charge in [-0.25, -0.2) is 4.98 Å². The summed E-state index contributed by atoms with van der Waals surface area (Å²) < 4.78 is 11.2. The molecule has 0 atom stereocenters. The maximum Gasteiger partial charge on any atom is 0.273 e. The van der Waals surface area contributed by atoms with Crippen molar-refractivity contribution in [1.29, 1.82) is 0 Å². The number of aromatic nitrogens is 1. The molecule has 1 saturated heterocycles. The highest BCUT2D eigenvalue weighted by Crippen LogP contribution is 2.17. The van der Waals surface area contributed by atoms with Gasteiger partial charge in [0.25, 0.3) is 5.91 Å². The van der Waals surface area contributed by atoms with Crippen molar-refractivity contribution in [3.8, 4) is 0 Å². The van der Waals surface area contributed by atoms with Crippen molar-refractivity contribution in [2.75, 3.05) is 39.4 Å². The third kappa shape index (κ3) is 7.75. The van der Waals surface area contributed by atoms with Crippen molar-refractivity contribution in [2.24, 2.45) is 0 Å². The largest absolute Gasteiger partial charge is 0.447 e. The number of hydrogen-bond acceptors (Lipinski definition) is 6. The number of oxazole rings is 1. The van der Waals surface area contributed by atoms with Gasteiger partial charge in [0.15, 0.2) is 5.69 Å². The predicted molar refractivity (Wildman–Crippen MR) is 136 cm³/mol. The minimum absolute atomic E-state index is 0.229. The Morgan fingerprint density at radius 2 is 1.77 bits per heavy atom. The number of hydrogen-bond donors (Lipinski definition) is 1. The van der Waals surface area contributed by atoms with E-state index in [0.717, 1.165) is 51.5 Å². The van der Waals surface area contributed by atoms with Gasteiger partial charge in [-0.2, -0.15) is 0 Å². The van der Waals surface area contributed by atoms with Gasteiger partial charge in [-0.3, -0.25) is 14.6 Å². The number of morpholine rings is 1. The Balaban J connectivity index is 1.37. The van der Waals surface area contributed by atoms with Crippen LogP contribution in [-0.4, -0.2) is 60.1 Å². The topological polar surface area (TPSA) is 70.8 Å².